The summed E-state index contributed by atoms with van der Waals surface area (Å²) in [4.78, 5) is 53.2. The van der Waals surface area contributed by atoms with Gasteiger partial charge in [0.1, 0.15) is 21.8 Å². The highest BCUT2D eigenvalue weighted by molar-refractivity contribution is 8.26. The third-order valence-corrected chi connectivity index (χ3v) is 7.78. The van der Waals surface area contributed by atoms with E-state index in [1.54, 1.807) is 24.5 Å². The summed E-state index contributed by atoms with van der Waals surface area (Å²) in [7, 11) is 0. The molecule has 0 saturated carbocycles. The Morgan fingerprint density at radius 1 is 1.24 bits per heavy atom. The summed E-state index contributed by atoms with van der Waals surface area (Å²) in [5, 5.41) is 18.8. The van der Waals surface area contributed by atoms with Crippen molar-refractivity contribution in [2.45, 2.75) is 53.0 Å². The van der Waals surface area contributed by atoms with Gasteiger partial charge in [0.25, 0.3) is 11.5 Å². The van der Waals surface area contributed by atoms with Crippen molar-refractivity contribution in [3.8, 4) is 6.07 Å². The van der Waals surface area contributed by atoms with Crippen molar-refractivity contribution in [1.29, 1.82) is 5.26 Å². The van der Waals surface area contributed by atoms with Crippen LogP contribution in [0.4, 0.5) is 5.82 Å². The molecule has 0 bridgehead atoms. The molecule has 1 amide bonds. The van der Waals surface area contributed by atoms with Crippen LogP contribution in [-0.2, 0) is 25.7 Å². The molecule has 1 N–H and O–H groups in total. The van der Waals surface area contributed by atoms with E-state index in [9.17, 15) is 24.4 Å². The summed E-state index contributed by atoms with van der Waals surface area (Å²) < 4.78 is 7.02. The molecule has 2 fully saturated rings. The molecule has 0 atom stereocenters. The number of carbonyl (C=O) groups excluding carboxylic acids is 2. The van der Waals surface area contributed by atoms with Crippen LogP contribution in [-0.4, -0.2) is 63.0 Å². The number of aromatic nitrogens is 1. The molecule has 1 aromatic heterocycles. The van der Waals surface area contributed by atoms with E-state index in [4.69, 9.17) is 22.1 Å². The lowest BCUT2D eigenvalue weighted by Crippen LogP contribution is -2.41. The number of hydrogen-bond acceptors (Lipinski definition) is 9. The van der Waals surface area contributed by atoms with E-state index in [0.717, 1.165) is 11.8 Å². The van der Waals surface area contributed by atoms with Crippen molar-refractivity contribution in [1.82, 2.24) is 9.47 Å². The highest BCUT2D eigenvalue weighted by Gasteiger charge is 2.34. The number of carboxylic acid groups (broad SMARTS) is 1. The molecule has 0 aromatic carbocycles. The van der Waals surface area contributed by atoms with Crippen LogP contribution in [0.15, 0.2) is 9.70 Å². The van der Waals surface area contributed by atoms with Gasteiger partial charge in [-0.25, -0.2) is 0 Å². The van der Waals surface area contributed by atoms with Crippen LogP contribution in [0.3, 0.4) is 0 Å². The number of carbonyl (C=O) groups is 3. The molecular weight excluding hydrogens is 516 g/mol. The summed E-state index contributed by atoms with van der Waals surface area (Å²) in [6.45, 7) is 7.04. The molecule has 2 aliphatic rings. The fourth-order valence-electron chi connectivity index (χ4n) is 4.53. The third kappa shape index (κ3) is 6.05. The summed E-state index contributed by atoms with van der Waals surface area (Å²) in [5.41, 5.74) is 0.637. The first-order valence-corrected chi connectivity index (χ1v) is 13.4. The zero-order valence-electron chi connectivity index (χ0n) is 21.1. The molecule has 2 aliphatic heterocycles. The fraction of sp³-hybridized carbons (Fsp3) is 0.520. The van der Waals surface area contributed by atoms with Gasteiger partial charge in [-0.1, -0.05) is 30.9 Å². The number of nitriles is 1. The van der Waals surface area contributed by atoms with Gasteiger partial charge in [0, 0.05) is 31.7 Å². The monoisotopic (exact) mass is 546 g/mol. The molecule has 2 saturated heterocycles. The number of esters is 1. The van der Waals surface area contributed by atoms with Crippen LogP contribution in [0, 0.1) is 24.2 Å². The van der Waals surface area contributed by atoms with Crippen LogP contribution in [0.5, 0.6) is 0 Å². The Morgan fingerprint density at radius 2 is 1.92 bits per heavy atom. The molecule has 0 aliphatic carbocycles. The number of piperidine rings is 1. The maximum absolute atomic E-state index is 13.3. The summed E-state index contributed by atoms with van der Waals surface area (Å²) >= 11 is 6.39. The molecular formula is C25H30N4O6S2. The van der Waals surface area contributed by atoms with Gasteiger partial charge in [0.2, 0.25) is 0 Å². The van der Waals surface area contributed by atoms with Crippen molar-refractivity contribution in [2.24, 2.45) is 5.92 Å². The second-order valence-electron chi connectivity index (χ2n) is 8.80. The van der Waals surface area contributed by atoms with E-state index in [0.29, 0.717) is 67.4 Å². The average Bonchev–Trinajstić information content (AvgIpc) is 3.13. The highest BCUT2D eigenvalue weighted by atomic mass is 32.2. The van der Waals surface area contributed by atoms with Gasteiger partial charge in [-0.15, -0.1) is 0 Å². The number of amides is 1. The number of anilines is 1. The summed E-state index contributed by atoms with van der Waals surface area (Å²) in [6, 6.07) is 2.02. The number of nitrogens with zero attached hydrogens (tertiary/aromatic N) is 4. The van der Waals surface area contributed by atoms with E-state index < -0.39 is 17.4 Å². The Kier molecular flexibility index (Phi) is 9.50. The molecule has 198 valence electrons. The van der Waals surface area contributed by atoms with Gasteiger partial charge in [-0.05, 0) is 44.7 Å². The molecule has 1 aromatic rings. The van der Waals surface area contributed by atoms with Crippen LogP contribution in [0.1, 0.15) is 56.2 Å². The van der Waals surface area contributed by atoms with Crippen LogP contribution in [0.2, 0.25) is 0 Å². The number of ether oxygens (including phenoxy) is 1. The SMILES string of the molecule is CCCn1c(N2CCC(C(=O)OCC)CC2)c(/C=C2/SC(=S)N(CCC(=O)O)C2=O)c(C)c(C#N)c1=O. The molecule has 0 unspecified atom stereocenters. The van der Waals surface area contributed by atoms with Crippen LogP contribution >= 0.6 is 24.0 Å². The Hall–Kier alpha value is -3.17. The fourth-order valence-corrected chi connectivity index (χ4v) is 5.82. The highest BCUT2D eigenvalue weighted by Crippen LogP contribution is 2.37. The predicted octanol–water partition coefficient (Wildman–Crippen LogP) is 2.89. The Balaban J connectivity index is 2.09. The standard InChI is InChI=1S/C25H30N4O6S2/c1-4-9-28-21(27-10-6-16(7-11-27)24(34)35-5-2)17(15(3)18(14-26)22(28)32)13-19-23(33)29(25(36)37-19)12-8-20(30)31/h13,16H,4-12H2,1-3H3,(H,30,31)/b19-13+. The maximum Gasteiger partial charge on any atom is 0.309 e. The van der Waals surface area contributed by atoms with E-state index in [2.05, 4.69) is 0 Å². The normalized spacial score (nSPS) is 17.4. The van der Waals surface area contributed by atoms with Gasteiger partial charge < -0.3 is 14.7 Å². The first-order chi connectivity index (χ1) is 17.6. The van der Waals surface area contributed by atoms with E-state index >= 15 is 0 Å². The minimum Gasteiger partial charge on any atom is -0.481 e. The molecule has 0 spiro atoms. The number of carboxylic acids is 1. The summed E-state index contributed by atoms with van der Waals surface area (Å²) in [5.74, 6) is -1.30. The van der Waals surface area contributed by atoms with Gasteiger partial charge in [-0.3, -0.25) is 28.6 Å². The second-order valence-corrected chi connectivity index (χ2v) is 10.5. The number of thiocarbonyl (C=S) groups is 1. The van der Waals surface area contributed by atoms with E-state index in [1.165, 1.54) is 4.90 Å². The molecule has 12 heteroatoms. The van der Waals surface area contributed by atoms with Crippen LogP contribution < -0.4 is 10.5 Å². The average molecular weight is 547 g/mol. The molecule has 37 heavy (non-hydrogen) atoms. The van der Waals surface area contributed by atoms with Gasteiger partial charge in [0.05, 0.1) is 23.9 Å². The zero-order chi connectivity index (χ0) is 27.3. The van der Waals surface area contributed by atoms with Gasteiger partial charge >= 0.3 is 11.9 Å². The Morgan fingerprint density at radius 3 is 2.49 bits per heavy atom. The number of pyridine rings is 1. The van der Waals surface area contributed by atoms with Crippen molar-refractivity contribution in [2.75, 3.05) is 31.1 Å². The lowest BCUT2D eigenvalue weighted by Gasteiger charge is -2.35. The molecule has 0 radical (unpaired) electrons. The van der Waals surface area contributed by atoms with Crippen molar-refractivity contribution < 1.29 is 24.2 Å². The topological polar surface area (TPSA) is 133 Å². The quantitative estimate of drug-likeness (QED) is 0.280. The van der Waals surface area contributed by atoms with Crippen molar-refractivity contribution >= 4 is 58.0 Å². The van der Waals surface area contributed by atoms with E-state index in [-0.39, 0.29) is 34.7 Å². The number of thioether (sulfide) groups is 1. The predicted molar refractivity (Wildman–Crippen MR) is 144 cm³/mol. The minimum atomic E-state index is -1.03. The first-order valence-electron chi connectivity index (χ1n) is 12.2. The largest absolute Gasteiger partial charge is 0.481 e. The van der Waals surface area contributed by atoms with Crippen LogP contribution in [0.25, 0.3) is 6.08 Å². The van der Waals surface area contributed by atoms with E-state index in [1.807, 2.05) is 17.9 Å². The third-order valence-electron chi connectivity index (χ3n) is 6.41. The number of hydrogen-bond donors (Lipinski definition) is 1. The first kappa shape index (κ1) is 28.4. The Bertz CT molecular complexity index is 1240. The molecule has 10 nitrogen and oxygen atoms in total. The lowest BCUT2D eigenvalue weighted by molar-refractivity contribution is -0.148. The van der Waals surface area contributed by atoms with Gasteiger partial charge in [0.15, 0.2) is 0 Å². The lowest BCUT2D eigenvalue weighted by atomic mass is 9.95. The van der Waals surface area contributed by atoms with Crippen molar-refractivity contribution in [3.05, 3.63) is 31.9 Å². The smallest absolute Gasteiger partial charge is 0.309 e. The Labute approximate surface area is 224 Å². The number of aliphatic carboxylic acids is 1. The zero-order valence-corrected chi connectivity index (χ0v) is 22.7. The summed E-state index contributed by atoms with van der Waals surface area (Å²) in [6.07, 6.45) is 3.16. The number of rotatable bonds is 9. The molecule has 3 heterocycles. The van der Waals surface area contributed by atoms with Crippen molar-refractivity contribution in [3.63, 3.8) is 0 Å². The maximum atomic E-state index is 13.3. The minimum absolute atomic E-state index is 0.00575. The second kappa shape index (κ2) is 12.4. The van der Waals surface area contributed by atoms with Gasteiger partial charge in [-0.2, -0.15) is 5.26 Å². The molecule has 3 rings (SSSR count).